The first-order chi connectivity index (χ1) is 9.92. The van der Waals surface area contributed by atoms with E-state index in [2.05, 4.69) is 16.0 Å². The Balaban J connectivity index is 2.65. The zero-order chi connectivity index (χ0) is 15.8. The van der Waals surface area contributed by atoms with Crippen molar-refractivity contribution < 1.29 is 24.2 Å². The second-order valence-electron chi connectivity index (χ2n) is 4.21. The zero-order valence-corrected chi connectivity index (χ0v) is 11.7. The molecule has 4 N–H and O–H groups in total. The number of rotatable bonds is 6. The van der Waals surface area contributed by atoms with Crippen LogP contribution < -0.4 is 16.0 Å². The van der Waals surface area contributed by atoms with Gasteiger partial charge in [-0.2, -0.15) is 0 Å². The first-order valence-electron chi connectivity index (χ1n) is 6.09. The van der Waals surface area contributed by atoms with Gasteiger partial charge in [-0.15, -0.1) is 0 Å². The molecule has 1 rings (SSSR count). The van der Waals surface area contributed by atoms with E-state index in [1.807, 2.05) is 0 Å². The van der Waals surface area contributed by atoms with Crippen LogP contribution in [0.1, 0.15) is 6.92 Å². The lowest BCUT2D eigenvalue weighted by molar-refractivity contribution is -0.140. The highest BCUT2D eigenvalue weighted by Gasteiger charge is 2.19. The molecule has 0 saturated heterocycles. The minimum absolute atomic E-state index is 0.144. The molecule has 1 atom stereocenters. The van der Waals surface area contributed by atoms with Crippen molar-refractivity contribution in [3.63, 3.8) is 0 Å². The lowest BCUT2D eigenvalue weighted by atomic mass is 10.2. The van der Waals surface area contributed by atoms with Crippen LogP contribution in [0, 0.1) is 0 Å². The predicted molar refractivity (Wildman–Crippen MR) is 76.2 cm³/mol. The Labute approximate surface area is 121 Å². The van der Waals surface area contributed by atoms with Crippen LogP contribution in [0.2, 0.25) is 0 Å². The van der Waals surface area contributed by atoms with Crippen LogP contribution in [-0.2, 0) is 14.3 Å². The first-order valence-corrected chi connectivity index (χ1v) is 6.09. The average Bonchev–Trinajstić information content (AvgIpc) is 2.37. The highest BCUT2D eigenvalue weighted by molar-refractivity contribution is 5.94. The molecule has 0 bridgehead atoms. The number of carboxylic acids is 1. The monoisotopic (exact) mass is 295 g/mol. The van der Waals surface area contributed by atoms with Crippen molar-refractivity contribution in [2.45, 2.75) is 13.0 Å². The molecule has 8 nitrogen and oxygen atoms in total. The summed E-state index contributed by atoms with van der Waals surface area (Å²) in [6.07, 6.45) is 0. The molecule has 3 amide bonds. The summed E-state index contributed by atoms with van der Waals surface area (Å²) >= 11 is 0. The SMILES string of the molecule is COCC(NC(=O)Nc1cccc(NC(C)=O)c1)C(=O)O. The third-order valence-electron chi connectivity index (χ3n) is 2.38. The molecule has 0 aromatic heterocycles. The Morgan fingerprint density at radius 2 is 1.86 bits per heavy atom. The Hall–Kier alpha value is -2.61. The van der Waals surface area contributed by atoms with Gasteiger partial charge in [0.15, 0.2) is 6.04 Å². The fraction of sp³-hybridized carbons (Fsp3) is 0.308. The van der Waals surface area contributed by atoms with Crippen LogP contribution in [0.5, 0.6) is 0 Å². The molecule has 0 radical (unpaired) electrons. The van der Waals surface area contributed by atoms with Gasteiger partial charge in [0, 0.05) is 25.4 Å². The van der Waals surface area contributed by atoms with Gasteiger partial charge in [-0.1, -0.05) is 6.07 Å². The van der Waals surface area contributed by atoms with Gasteiger partial charge in [0.25, 0.3) is 0 Å². The smallest absolute Gasteiger partial charge is 0.328 e. The number of amides is 3. The van der Waals surface area contributed by atoms with Crippen LogP contribution >= 0.6 is 0 Å². The lowest BCUT2D eigenvalue weighted by Gasteiger charge is -2.14. The Kier molecular flexibility index (Phi) is 6.15. The van der Waals surface area contributed by atoms with E-state index in [1.165, 1.54) is 14.0 Å². The Morgan fingerprint density at radius 1 is 1.24 bits per heavy atom. The van der Waals surface area contributed by atoms with Crippen molar-refractivity contribution >= 4 is 29.3 Å². The summed E-state index contributed by atoms with van der Waals surface area (Å²) in [7, 11) is 1.34. The van der Waals surface area contributed by atoms with E-state index in [0.29, 0.717) is 11.4 Å². The molecule has 21 heavy (non-hydrogen) atoms. The third kappa shape index (κ3) is 5.91. The summed E-state index contributed by atoms with van der Waals surface area (Å²) in [6.45, 7) is 1.23. The van der Waals surface area contributed by atoms with Gasteiger partial charge >= 0.3 is 12.0 Å². The van der Waals surface area contributed by atoms with Crippen molar-refractivity contribution in [3.8, 4) is 0 Å². The molecule has 0 fully saturated rings. The predicted octanol–water partition coefficient (Wildman–Crippen LogP) is 0.866. The number of carboxylic acid groups (broad SMARTS) is 1. The number of carbonyl (C=O) groups is 3. The van der Waals surface area contributed by atoms with Crippen LogP contribution in [0.15, 0.2) is 24.3 Å². The fourth-order valence-electron chi connectivity index (χ4n) is 1.54. The maximum Gasteiger partial charge on any atom is 0.328 e. The topological polar surface area (TPSA) is 117 Å². The second-order valence-corrected chi connectivity index (χ2v) is 4.21. The molecule has 0 heterocycles. The number of aliphatic carboxylic acids is 1. The highest BCUT2D eigenvalue weighted by atomic mass is 16.5. The van der Waals surface area contributed by atoms with Crippen molar-refractivity contribution in [1.29, 1.82) is 0 Å². The van der Waals surface area contributed by atoms with Crippen molar-refractivity contribution in [1.82, 2.24) is 5.32 Å². The van der Waals surface area contributed by atoms with Crippen molar-refractivity contribution in [2.24, 2.45) is 0 Å². The summed E-state index contributed by atoms with van der Waals surface area (Å²) in [4.78, 5) is 33.5. The zero-order valence-electron chi connectivity index (χ0n) is 11.7. The number of nitrogens with one attached hydrogen (secondary N) is 3. The number of urea groups is 1. The van der Waals surface area contributed by atoms with Crippen LogP contribution in [-0.4, -0.2) is 42.8 Å². The molecular weight excluding hydrogens is 278 g/mol. The minimum atomic E-state index is -1.20. The molecule has 1 aromatic carbocycles. The van der Waals surface area contributed by atoms with Gasteiger partial charge in [-0.25, -0.2) is 9.59 Å². The van der Waals surface area contributed by atoms with E-state index in [-0.39, 0.29) is 12.5 Å². The third-order valence-corrected chi connectivity index (χ3v) is 2.38. The number of hydrogen-bond acceptors (Lipinski definition) is 4. The summed E-state index contributed by atoms with van der Waals surface area (Å²) in [5.41, 5.74) is 0.937. The van der Waals surface area contributed by atoms with Gasteiger partial charge in [-0.05, 0) is 18.2 Å². The number of anilines is 2. The first kappa shape index (κ1) is 16.4. The van der Waals surface area contributed by atoms with E-state index in [0.717, 1.165) is 0 Å². The largest absolute Gasteiger partial charge is 0.480 e. The van der Waals surface area contributed by atoms with Gasteiger partial charge in [0.05, 0.1) is 6.61 Å². The Bertz CT molecular complexity index is 532. The summed E-state index contributed by atoms with van der Waals surface area (Å²) in [5, 5.41) is 16.2. The molecule has 0 saturated carbocycles. The van der Waals surface area contributed by atoms with E-state index in [4.69, 9.17) is 9.84 Å². The molecule has 1 unspecified atom stereocenters. The number of ether oxygens (including phenoxy) is 1. The summed E-state index contributed by atoms with van der Waals surface area (Å²) < 4.78 is 4.71. The number of methoxy groups -OCH3 is 1. The molecular formula is C13H17N3O5. The fourth-order valence-corrected chi connectivity index (χ4v) is 1.54. The standard InChI is InChI=1S/C13H17N3O5/c1-8(17)14-9-4-3-5-10(6-9)15-13(20)16-11(7-21-2)12(18)19/h3-6,11H,7H2,1-2H3,(H,14,17)(H,18,19)(H2,15,16,20). The maximum atomic E-state index is 11.7. The maximum absolute atomic E-state index is 11.7. The molecule has 0 spiro atoms. The molecule has 0 aliphatic heterocycles. The number of carbonyl (C=O) groups excluding carboxylic acids is 2. The van der Waals surface area contributed by atoms with Gasteiger partial charge < -0.3 is 25.8 Å². The Morgan fingerprint density at radius 3 is 2.38 bits per heavy atom. The molecule has 8 heteroatoms. The second kappa shape index (κ2) is 7.85. The molecule has 0 aliphatic carbocycles. The summed E-state index contributed by atoms with van der Waals surface area (Å²) in [5.74, 6) is -1.43. The van der Waals surface area contributed by atoms with Crippen LogP contribution in [0.3, 0.4) is 0 Å². The highest BCUT2D eigenvalue weighted by Crippen LogP contribution is 2.14. The number of hydrogen-bond donors (Lipinski definition) is 4. The van der Waals surface area contributed by atoms with E-state index in [1.54, 1.807) is 24.3 Å². The molecule has 1 aromatic rings. The van der Waals surface area contributed by atoms with E-state index in [9.17, 15) is 14.4 Å². The number of benzene rings is 1. The van der Waals surface area contributed by atoms with Crippen LogP contribution in [0.25, 0.3) is 0 Å². The van der Waals surface area contributed by atoms with Gasteiger partial charge in [0.1, 0.15) is 0 Å². The normalized spacial score (nSPS) is 11.3. The van der Waals surface area contributed by atoms with Crippen LogP contribution in [0.4, 0.5) is 16.2 Å². The minimum Gasteiger partial charge on any atom is -0.480 e. The lowest BCUT2D eigenvalue weighted by Crippen LogP contribution is -2.45. The molecule has 0 aliphatic rings. The summed E-state index contributed by atoms with van der Waals surface area (Å²) in [6, 6.07) is 4.64. The quantitative estimate of drug-likeness (QED) is 0.621. The van der Waals surface area contributed by atoms with E-state index >= 15 is 0 Å². The van der Waals surface area contributed by atoms with E-state index < -0.39 is 18.0 Å². The van der Waals surface area contributed by atoms with Crippen molar-refractivity contribution in [2.75, 3.05) is 24.4 Å². The van der Waals surface area contributed by atoms with Gasteiger partial charge in [-0.3, -0.25) is 4.79 Å². The average molecular weight is 295 g/mol. The molecule has 114 valence electrons. The van der Waals surface area contributed by atoms with Gasteiger partial charge in [0.2, 0.25) is 5.91 Å². The van der Waals surface area contributed by atoms with Crippen molar-refractivity contribution in [3.05, 3.63) is 24.3 Å².